The Kier molecular flexibility index (Phi) is 4.79. The fourth-order valence-corrected chi connectivity index (χ4v) is 6.59. The standard InChI is InChI=1S/C28H29N3O4/c32-25-15-30(14-17-6-2-1-3-7-17)28(33)22-13-20-19-8-4-5-9-21(19)29-26(20)27(31(22)25)18-10-11-23-24(12-18)35-16-34-23/h4-5,8-12,17,22,27,29H,1-3,6-7,13-16H2/t22-,27-/m1/s1. The highest BCUT2D eigenvalue weighted by atomic mass is 16.7. The van der Waals surface area contributed by atoms with E-state index >= 15 is 0 Å². The molecule has 1 saturated carbocycles. The molecule has 3 aromatic rings. The number of nitrogens with zero attached hydrogens (tertiary/aromatic N) is 2. The quantitative estimate of drug-likeness (QED) is 0.623. The van der Waals surface area contributed by atoms with Crippen molar-refractivity contribution < 1.29 is 19.1 Å². The molecular formula is C28H29N3O4. The largest absolute Gasteiger partial charge is 0.454 e. The fourth-order valence-electron chi connectivity index (χ4n) is 6.59. The molecular weight excluding hydrogens is 442 g/mol. The Hall–Kier alpha value is -3.48. The molecule has 2 fully saturated rings. The number of nitrogens with one attached hydrogen (secondary N) is 1. The zero-order valence-electron chi connectivity index (χ0n) is 19.7. The Morgan fingerprint density at radius 2 is 1.80 bits per heavy atom. The van der Waals surface area contributed by atoms with Crippen molar-refractivity contribution in [1.82, 2.24) is 14.8 Å². The van der Waals surface area contributed by atoms with Crippen molar-refractivity contribution in [3.05, 3.63) is 59.3 Å². The molecule has 7 nitrogen and oxygen atoms in total. The van der Waals surface area contributed by atoms with E-state index < -0.39 is 6.04 Å². The number of rotatable bonds is 3. The van der Waals surface area contributed by atoms with E-state index in [9.17, 15) is 9.59 Å². The van der Waals surface area contributed by atoms with Crippen LogP contribution in [0.25, 0.3) is 10.9 Å². The Labute approximate surface area is 204 Å². The van der Waals surface area contributed by atoms with Crippen molar-refractivity contribution >= 4 is 22.7 Å². The van der Waals surface area contributed by atoms with Gasteiger partial charge >= 0.3 is 0 Å². The predicted octanol–water partition coefficient (Wildman–Crippen LogP) is 4.16. The maximum atomic E-state index is 13.9. The molecule has 35 heavy (non-hydrogen) atoms. The summed E-state index contributed by atoms with van der Waals surface area (Å²) in [4.78, 5) is 34.9. The molecule has 0 spiro atoms. The summed E-state index contributed by atoms with van der Waals surface area (Å²) in [6.45, 7) is 1.05. The van der Waals surface area contributed by atoms with Crippen LogP contribution in [0.4, 0.5) is 0 Å². The number of para-hydroxylation sites is 1. The van der Waals surface area contributed by atoms with Crippen molar-refractivity contribution in [3.8, 4) is 11.5 Å². The monoisotopic (exact) mass is 471 g/mol. The van der Waals surface area contributed by atoms with Crippen LogP contribution in [0.3, 0.4) is 0 Å². The summed E-state index contributed by atoms with van der Waals surface area (Å²) in [6.07, 6.45) is 6.56. The Bertz CT molecular complexity index is 1320. The smallest absolute Gasteiger partial charge is 0.246 e. The van der Waals surface area contributed by atoms with Crippen LogP contribution in [0.2, 0.25) is 0 Å². The minimum Gasteiger partial charge on any atom is -0.454 e. The van der Waals surface area contributed by atoms with E-state index in [1.807, 2.05) is 40.1 Å². The van der Waals surface area contributed by atoms with Gasteiger partial charge in [-0.05, 0) is 48.1 Å². The molecule has 1 aliphatic carbocycles. The van der Waals surface area contributed by atoms with Crippen molar-refractivity contribution in [3.63, 3.8) is 0 Å². The topological polar surface area (TPSA) is 74.9 Å². The van der Waals surface area contributed by atoms with Gasteiger partial charge in [0.15, 0.2) is 11.5 Å². The molecule has 2 atom stereocenters. The third kappa shape index (κ3) is 3.32. The predicted molar refractivity (Wildman–Crippen MR) is 130 cm³/mol. The highest BCUT2D eigenvalue weighted by Gasteiger charge is 2.48. The lowest BCUT2D eigenvalue weighted by Gasteiger charge is -2.47. The highest BCUT2D eigenvalue weighted by molar-refractivity contribution is 5.97. The van der Waals surface area contributed by atoms with Gasteiger partial charge in [-0.1, -0.05) is 43.5 Å². The number of carbonyl (C=O) groups excluding carboxylic acids is 2. The van der Waals surface area contributed by atoms with Crippen molar-refractivity contribution in [2.45, 2.75) is 50.6 Å². The summed E-state index contributed by atoms with van der Waals surface area (Å²) in [5.74, 6) is 1.98. The first kappa shape index (κ1) is 20.9. The number of hydrogen-bond donors (Lipinski definition) is 1. The highest BCUT2D eigenvalue weighted by Crippen LogP contribution is 2.45. The molecule has 7 rings (SSSR count). The fraction of sp³-hybridized carbons (Fsp3) is 0.429. The lowest BCUT2D eigenvalue weighted by molar-refractivity contribution is -0.159. The summed E-state index contributed by atoms with van der Waals surface area (Å²) >= 11 is 0. The second-order valence-corrected chi connectivity index (χ2v) is 10.3. The summed E-state index contributed by atoms with van der Waals surface area (Å²) in [6, 6.07) is 13.2. The number of aromatic nitrogens is 1. The number of amides is 2. The van der Waals surface area contributed by atoms with Gasteiger partial charge in [-0.2, -0.15) is 0 Å². The average Bonchev–Trinajstić information content (AvgIpc) is 3.50. The van der Waals surface area contributed by atoms with Gasteiger partial charge in [0.2, 0.25) is 18.6 Å². The van der Waals surface area contributed by atoms with E-state index in [1.54, 1.807) is 0 Å². The number of fused-ring (bicyclic) bond motifs is 5. The molecule has 4 heterocycles. The number of ether oxygens (including phenoxy) is 2. The van der Waals surface area contributed by atoms with Gasteiger partial charge in [0.25, 0.3) is 0 Å². The van der Waals surface area contributed by atoms with Crippen LogP contribution < -0.4 is 9.47 Å². The molecule has 7 heteroatoms. The molecule has 1 aromatic heterocycles. The van der Waals surface area contributed by atoms with Crippen molar-refractivity contribution in [1.29, 1.82) is 0 Å². The van der Waals surface area contributed by atoms with Crippen LogP contribution in [0, 0.1) is 5.92 Å². The molecule has 180 valence electrons. The first-order chi connectivity index (χ1) is 17.2. The zero-order chi connectivity index (χ0) is 23.5. The molecule has 0 bridgehead atoms. The van der Waals surface area contributed by atoms with Crippen molar-refractivity contribution in [2.75, 3.05) is 19.9 Å². The van der Waals surface area contributed by atoms with Crippen LogP contribution in [-0.4, -0.2) is 52.5 Å². The number of benzene rings is 2. The molecule has 0 radical (unpaired) electrons. The Morgan fingerprint density at radius 1 is 0.971 bits per heavy atom. The van der Waals surface area contributed by atoms with Gasteiger partial charge in [-0.3, -0.25) is 9.59 Å². The minimum absolute atomic E-state index is 0.0115. The first-order valence-corrected chi connectivity index (χ1v) is 12.8. The molecule has 2 aromatic carbocycles. The maximum Gasteiger partial charge on any atom is 0.246 e. The van der Waals surface area contributed by atoms with Gasteiger partial charge in [-0.15, -0.1) is 0 Å². The number of carbonyl (C=O) groups is 2. The van der Waals surface area contributed by atoms with Crippen LogP contribution in [0.5, 0.6) is 11.5 Å². The van der Waals surface area contributed by atoms with E-state index in [0.29, 0.717) is 30.4 Å². The molecule has 1 saturated heterocycles. The Morgan fingerprint density at radius 3 is 2.69 bits per heavy atom. The van der Waals surface area contributed by atoms with Crippen molar-refractivity contribution in [2.24, 2.45) is 5.92 Å². The van der Waals surface area contributed by atoms with E-state index in [-0.39, 0.29) is 31.2 Å². The summed E-state index contributed by atoms with van der Waals surface area (Å²) < 4.78 is 11.2. The lowest BCUT2D eigenvalue weighted by atomic mass is 9.85. The SMILES string of the molecule is O=C1[C@H]2Cc3c([nH]c4ccccc34)[C@@H](c3ccc4c(c3)OCO4)N2C(=O)CN1CC1CCCCC1. The first-order valence-electron chi connectivity index (χ1n) is 12.8. The molecule has 1 N–H and O–H groups in total. The number of aromatic amines is 1. The van der Waals surface area contributed by atoms with E-state index in [4.69, 9.17) is 9.47 Å². The van der Waals surface area contributed by atoms with Crippen LogP contribution in [0.15, 0.2) is 42.5 Å². The van der Waals surface area contributed by atoms with Crippen LogP contribution in [0.1, 0.15) is 55.0 Å². The third-order valence-corrected chi connectivity index (χ3v) is 8.26. The zero-order valence-corrected chi connectivity index (χ0v) is 19.7. The maximum absolute atomic E-state index is 13.9. The summed E-state index contributed by atoms with van der Waals surface area (Å²) in [5.41, 5.74) is 4.07. The molecule has 0 unspecified atom stereocenters. The minimum atomic E-state index is -0.498. The Balaban J connectivity index is 1.32. The van der Waals surface area contributed by atoms with Gasteiger partial charge in [0.05, 0.1) is 12.6 Å². The second kappa shape index (κ2) is 8.04. The number of hydrogen-bond acceptors (Lipinski definition) is 4. The molecule has 2 amide bonds. The van der Waals surface area contributed by atoms with Gasteiger partial charge in [-0.25, -0.2) is 0 Å². The van der Waals surface area contributed by atoms with Gasteiger partial charge in [0.1, 0.15) is 6.04 Å². The number of H-pyrrole nitrogens is 1. The van der Waals surface area contributed by atoms with E-state index in [1.165, 1.54) is 19.3 Å². The third-order valence-electron chi connectivity index (χ3n) is 8.26. The molecule has 3 aliphatic heterocycles. The molecule has 4 aliphatic rings. The summed E-state index contributed by atoms with van der Waals surface area (Å²) in [5, 5.41) is 1.12. The number of piperazine rings is 1. The van der Waals surface area contributed by atoms with E-state index in [2.05, 4.69) is 17.1 Å². The van der Waals surface area contributed by atoms with Gasteiger partial charge in [0, 0.05) is 29.6 Å². The van der Waals surface area contributed by atoms with Crippen LogP contribution in [-0.2, 0) is 16.0 Å². The summed E-state index contributed by atoms with van der Waals surface area (Å²) in [7, 11) is 0. The second-order valence-electron chi connectivity index (χ2n) is 10.3. The van der Waals surface area contributed by atoms with Crippen LogP contribution >= 0.6 is 0 Å². The normalized spacial score (nSPS) is 24.1. The van der Waals surface area contributed by atoms with Gasteiger partial charge < -0.3 is 24.3 Å². The average molecular weight is 472 g/mol. The lowest BCUT2D eigenvalue weighted by Crippen LogP contribution is -2.63. The van der Waals surface area contributed by atoms with E-state index in [0.717, 1.165) is 40.6 Å².